The highest BCUT2D eigenvalue weighted by Crippen LogP contribution is 2.35. The second kappa shape index (κ2) is 11.2. The van der Waals surface area contributed by atoms with E-state index in [-0.39, 0.29) is 0 Å². The van der Waals surface area contributed by atoms with E-state index in [1.165, 1.54) is 11.3 Å². The van der Waals surface area contributed by atoms with Crippen LogP contribution in [0.25, 0.3) is 27.6 Å². The molecular formula is C32H36N8S. The molecule has 5 aromatic rings. The third-order valence-corrected chi connectivity index (χ3v) is 8.58. The quantitative estimate of drug-likeness (QED) is 0.218. The monoisotopic (exact) mass is 564 g/mol. The van der Waals surface area contributed by atoms with Crippen LogP contribution >= 0.6 is 11.3 Å². The smallest absolute Gasteiger partial charge is 0.223 e. The van der Waals surface area contributed by atoms with Crippen molar-refractivity contribution < 1.29 is 0 Å². The number of nitrogens with zero attached hydrogens (tertiary/aromatic N) is 6. The van der Waals surface area contributed by atoms with E-state index < -0.39 is 0 Å². The molecule has 9 heteroatoms. The Bertz CT molecular complexity index is 1660. The molecule has 1 aliphatic heterocycles. The van der Waals surface area contributed by atoms with Crippen LogP contribution in [0.15, 0.2) is 78.6 Å². The summed E-state index contributed by atoms with van der Waals surface area (Å²) in [6.45, 7) is 10.3. The molecule has 2 N–H and O–H groups in total. The number of piperidine rings is 1. The minimum absolute atomic E-state index is 0.290. The number of thiazole rings is 1. The predicted octanol–water partition coefficient (Wildman–Crippen LogP) is 6.66. The van der Waals surface area contributed by atoms with Gasteiger partial charge in [-0.05, 0) is 57.0 Å². The molecule has 0 amide bonds. The van der Waals surface area contributed by atoms with Crippen LogP contribution in [0.4, 0.5) is 17.3 Å². The first kappa shape index (κ1) is 26.8. The van der Waals surface area contributed by atoms with Crippen molar-refractivity contribution >= 4 is 33.6 Å². The average molecular weight is 565 g/mol. The maximum atomic E-state index is 5.00. The molecule has 4 heterocycles. The highest BCUT2D eigenvalue weighted by molar-refractivity contribution is 7.15. The molecule has 2 aromatic carbocycles. The molecular weight excluding hydrogens is 528 g/mol. The van der Waals surface area contributed by atoms with Crippen molar-refractivity contribution in [1.29, 1.82) is 0 Å². The Morgan fingerprint density at radius 3 is 2.41 bits per heavy atom. The summed E-state index contributed by atoms with van der Waals surface area (Å²) in [5.41, 5.74) is 8.49. The molecule has 6 rings (SSSR count). The van der Waals surface area contributed by atoms with E-state index in [9.17, 15) is 0 Å². The summed E-state index contributed by atoms with van der Waals surface area (Å²) in [7, 11) is 4.09. The van der Waals surface area contributed by atoms with Crippen molar-refractivity contribution in [1.82, 2.24) is 24.3 Å². The minimum atomic E-state index is 0.290. The van der Waals surface area contributed by atoms with Crippen LogP contribution < -0.4 is 15.5 Å². The second-order valence-electron chi connectivity index (χ2n) is 10.9. The fraction of sp³-hybridized carbons (Fsp3) is 0.281. The van der Waals surface area contributed by atoms with Crippen LogP contribution in [-0.2, 0) is 0 Å². The summed E-state index contributed by atoms with van der Waals surface area (Å²) in [6, 6.07) is 19.2. The highest BCUT2D eigenvalue weighted by Gasteiger charge is 2.23. The van der Waals surface area contributed by atoms with Gasteiger partial charge >= 0.3 is 0 Å². The summed E-state index contributed by atoms with van der Waals surface area (Å²) >= 11 is 1.65. The normalized spacial score (nSPS) is 13.9. The topological polar surface area (TPSA) is 73.6 Å². The lowest BCUT2D eigenvalue weighted by Crippen LogP contribution is -2.40. The number of likely N-dealkylation sites (tertiary alicyclic amines) is 1. The van der Waals surface area contributed by atoms with E-state index >= 15 is 0 Å². The van der Waals surface area contributed by atoms with Gasteiger partial charge in [-0.15, -0.1) is 11.3 Å². The number of hydrogen-bond donors (Lipinski definition) is 2. The molecule has 210 valence electrons. The lowest BCUT2D eigenvalue weighted by atomic mass is 10.1. The van der Waals surface area contributed by atoms with Gasteiger partial charge in [0, 0.05) is 67.4 Å². The van der Waals surface area contributed by atoms with Gasteiger partial charge < -0.3 is 20.4 Å². The fourth-order valence-electron chi connectivity index (χ4n) is 5.27. The first-order valence-electron chi connectivity index (χ1n) is 14.0. The van der Waals surface area contributed by atoms with Gasteiger partial charge in [-0.25, -0.2) is 15.0 Å². The lowest BCUT2D eigenvalue weighted by molar-refractivity contribution is 0.275. The predicted molar refractivity (Wildman–Crippen MR) is 171 cm³/mol. The Kier molecular flexibility index (Phi) is 7.36. The molecule has 41 heavy (non-hydrogen) atoms. The lowest BCUT2D eigenvalue weighted by Gasteiger charge is -2.35. The van der Waals surface area contributed by atoms with Gasteiger partial charge in [0.15, 0.2) is 4.96 Å². The summed E-state index contributed by atoms with van der Waals surface area (Å²) in [4.78, 5) is 19.9. The molecule has 0 spiro atoms. The second-order valence-corrected chi connectivity index (χ2v) is 11.7. The zero-order valence-corrected chi connectivity index (χ0v) is 24.9. The van der Waals surface area contributed by atoms with Crippen LogP contribution in [0, 0.1) is 13.8 Å². The van der Waals surface area contributed by atoms with E-state index in [0.717, 1.165) is 70.7 Å². The Hall–Kier alpha value is -4.37. The summed E-state index contributed by atoms with van der Waals surface area (Å²) in [5, 5.41) is 9.21. The number of nitrogens with one attached hydrogen (secondary N) is 2. The number of fused-ring (bicyclic) bond motifs is 1. The zero-order chi connectivity index (χ0) is 28.5. The summed E-state index contributed by atoms with van der Waals surface area (Å²) in [6.07, 6.45) is 3.79. The van der Waals surface area contributed by atoms with E-state index in [4.69, 9.17) is 9.97 Å². The van der Waals surface area contributed by atoms with Crippen LogP contribution in [0.3, 0.4) is 0 Å². The number of rotatable bonds is 8. The third kappa shape index (κ3) is 5.63. The van der Waals surface area contributed by atoms with Gasteiger partial charge in [-0.3, -0.25) is 4.40 Å². The van der Waals surface area contributed by atoms with Crippen molar-refractivity contribution in [2.45, 2.75) is 32.7 Å². The van der Waals surface area contributed by atoms with Gasteiger partial charge in [0.1, 0.15) is 5.69 Å². The Morgan fingerprint density at radius 2 is 1.71 bits per heavy atom. The average Bonchev–Trinajstić information content (AvgIpc) is 3.54. The van der Waals surface area contributed by atoms with Crippen LogP contribution in [0.5, 0.6) is 0 Å². The standard InChI is InChI=1S/C32H36N8S/c1-21-6-8-24(9-7-21)29-30(40-22(2)20-41-32(40)37-29)28-14-17-33-31(36-28)35-26-15-18-39(19-16-26)23(3)34-25-10-12-27(13-11-25)38(4)5/h6-14,17,20,26,34H,3,15-16,18-19H2,1-2,4-5H3,(H,33,35,36). The van der Waals surface area contributed by atoms with Crippen LogP contribution in [0.1, 0.15) is 24.1 Å². The number of benzene rings is 2. The molecule has 0 radical (unpaired) electrons. The summed E-state index contributed by atoms with van der Waals surface area (Å²) < 4.78 is 2.21. The Labute approximate surface area is 245 Å². The van der Waals surface area contributed by atoms with Crippen molar-refractivity contribution in [3.8, 4) is 22.6 Å². The number of hydrogen-bond acceptors (Lipinski definition) is 8. The largest absolute Gasteiger partial charge is 0.378 e. The number of aryl methyl sites for hydroxylation is 2. The Morgan fingerprint density at radius 1 is 0.976 bits per heavy atom. The van der Waals surface area contributed by atoms with E-state index in [0.29, 0.717) is 12.0 Å². The van der Waals surface area contributed by atoms with Gasteiger partial charge in [0.25, 0.3) is 0 Å². The molecule has 0 bridgehead atoms. The molecule has 1 saturated heterocycles. The van der Waals surface area contributed by atoms with Gasteiger partial charge in [0.05, 0.1) is 17.2 Å². The van der Waals surface area contributed by atoms with Gasteiger partial charge in [0.2, 0.25) is 5.95 Å². The molecule has 0 saturated carbocycles. The molecule has 0 aliphatic carbocycles. The molecule has 0 unspecified atom stereocenters. The first-order valence-corrected chi connectivity index (χ1v) is 14.9. The molecule has 3 aromatic heterocycles. The summed E-state index contributed by atoms with van der Waals surface area (Å²) in [5.74, 6) is 1.58. The van der Waals surface area contributed by atoms with E-state index in [2.05, 4.69) is 104 Å². The van der Waals surface area contributed by atoms with Crippen molar-refractivity contribution in [3.63, 3.8) is 0 Å². The Balaban J connectivity index is 1.15. The zero-order valence-electron chi connectivity index (χ0n) is 24.1. The van der Waals surface area contributed by atoms with E-state index in [1.807, 2.05) is 26.4 Å². The van der Waals surface area contributed by atoms with Crippen molar-refractivity contribution in [2.24, 2.45) is 0 Å². The van der Waals surface area contributed by atoms with Gasteiger partial charge in [-0.2, -0.15) is 0 Å². The van der Waals surface area contributed by atoms with Crippen molar-refractivity contribution in [2.75, 3.05) is 42.7 Å². The first-order chi connectivity index (χ1) is 19.9. The fourth-order valence-corrected chi connectivity index (χ4v) is 6.14. The maximum Gasteiger partial charge on any atom is 0.223 e. The molecule has 1 aliphatic rings. The molecule has 1 fully saturated rings. The minimum Gasteiger partial charge on any atom is -0.378 e. The van der Waals surface area contributed by atoms with Gasteiger partial charge in [-0.1, -0.05) is 36.4 Å². The molecule has 0 atom stereocenters. The van der Waals surface area contributed by atoms with E-state index in [1.54, 1.807) is 11.3 Å². The SMILES string of the molecule is C=C(Nc1ccc(N(C)C)cc1)N1CCC(Nc2nccc(-c3c(-c4ccc(C)cc4)nc4scc(C)n34)n2)CC1. The molecule has 8 nitrogen and oxygen atoms in total. The van der Waals surface area contributed by atoms with Crippen LogP contribution in [0.2, 0.25) is 0 Å². The maximum absolute atomic E-state index is 5.00. The number of aromatic nitrogens is 4. The third-order valence-electron chi connectivity index (χ3n) is 7.64. The number of anilines is 3. The van der Waals surface area contributed by atoms with Crippen LogP contribution in [-0.4, -0.2) is 57.5 Å². The number of imidazole rings is 1. The highest BCUT2D eigenvalue weighted by atomic mass is 32.1. The van der Waals surface area contributed by atoms with Crippen molar-refractivity contribution in [3.05, 3.63) is 89.8 Å².